The van der Waals surface area contributed by atoms with Gasteiger partial charge in [-0.2, -0.15) is 0 Å². The van der Waals surface area contributed by atoms with Gasteiger partial charge in [-0.3, -0.25) is 0 Å². The van der Waals surface area contributed by atoms with Crippen molar-refractivity contribution in [2.24, 2.45) is 0 Å². The van der Waals surface area contributed by atoms with E-state index >= 15 is 0 Å². The number of halogens is 1. The molecule has 1 aromatic rings. The number of benzene rings is 1. The quantitative estimate of drug-likeness (QED) is 0.461. The molecule has 6 heteroatoms. The fourth-order valence-electron chi connectivity index (χ4n) is 0.932. The van der Waals surface area contributed by atoms with E-state index in [9.17, 15) is 4.20 Å². The molecule has 86 valence electrons. The van der Waals surface area contributed by atoms with Crippen molar-refractivity contribution in [1.29, 1.82) is 0 Å². The third-order valence-corrected chi connectivity index (χ3v) is 3.67. The number of nitrogens with zero attached hydrogens (tertiary/aromatic N) is 1. The molecule has 0 heterocycles. The summed E-state index contributed by atoms with van der Waals surface area (Å²) in [6.45, 7) is 2.14. The molecule has 0 saturated heterocycles. The van der Waals surface area contributed by atoms with Gasteiger partial charge in [0.1, 0.15) is 0 Å². The van der Waals surface area contributed by atoms with Gasteiger partial charge in [0.05, 0.1) is 0 Å². The maximum Gasteiger partial charge on any atom is 0.291 e. The average molecular weight is 235 g/mol. The molecule has 0 aromatic heterocycles. The topological polar surface area (TPSA) is 63.4 Å². The predicted molar refractivity (Wildman–Crippen MR) is 60.7 cm³/mol. The molecule has 0 radical (unpaired) electrons. The molecule has 0 atom stereocenters. The van der Waals surface area contributed by atoms with E-state index in [1.165, 1.54) is 0 Å². The van der Waals surface area contributed by atoms with Crippen LogP contribution < -0.4 is 5.30 Å². The molecule has 0 spiro atoms. The zero-order chi connectivity index (χ0) is 12.1. The van der Waals surface area contributed by atoms with Crippen molar-refractivity contribution in [1.82, 2.24) is 0 Å². The van der Waals surface area contributed by atoms with Gasteiger partial charge in [-0.05, 0) is 0 Å². The fraction of sp³-hybridized carbons (Fsp3) is 0.333. The largest absolute Gasteiger partial charge is 0.328 e. The summed E-state index contributed by atoms with van der Waals surface area (Å²) < 4.78 is 13.9. The van der Waals surface area contributed by atoms with Crippen molar-refractivity contribution in [3.8, 4) is 0 Å². The van der Waals surface area contributed by atoms with Gasteiger partial charge in [0.2, 0.25) is 0 Å². The second-order valence-electron chi connectivity index (χ2n) is 4.18. The van der Waals surface area contributed by atoms with Crippen molar-refractivity contribution < 1.29 is 14.5 Å². The maximum absolute atomic E-state index is 13.9. The molecule has 0 amide bonds. The standard InChI is InChI=1S/C9H14FP.HNO3/c1-11(2,3,10)9-7-5-4-6-8-9;2-1(3)4/h4-8H,1-3H3;(H,2,3,4). The van der Waals surface area contributed by atoms with Gasteiger partial charge in [0, 0.05) is 0 Å². The van der Waals surface area contributed by atoms with E-state index in [2.05, 4.69) is 0 Å². The summed E-state index contributed by atoms with van der Waals surface area (Å²) >= 11 is 0. The molecule has 1 N–H and O–H groups in total. The van der Waals surface area contributed by atoms with E-state index in [0.29, 0.717) is 0 Å². The molecular formula is C9H15FNO3P. The van der Waals surface area contributed by atoms with Gasteiger partial charge in [0.25, 0.3) is 5.09 Å². The van der Waals surface area contributed by atoms with Crippen LogP contribution in [-0.4, -0.2) is 30.3 Å². The SMILES string of the molecule is CP(C)(C)(F)c1ccccc1.O=[N+]([O-])O. The van der Waals surface area contributed by atoms with Crippen LogP contribution in [0.3, 0.4) is 0 Å². The fourth-order valence-corrected chi connectivity index (χ4v) is 2.11. The van der Waals surface area contributed by atoms with Gasteiger partial charge < -0.3 is 5.21 Å². The summed E-state index contributed by atoms with van der Waals surface area (Å²) in [6, 6.07) is 9.39. The molecule has 0 fully saturated rings. The minimum atomic E-state index is -2.99. The molecule has 0 aliphatic heterocycles. The molecular weight excluding hydrogens is 220 g/mol. The zero-order valence-corrected chi connectivity index (χ0v) is 9.82. The van der Waals surface area contributed by atoms with Crippen LogP contribution in [0.25, 0.3) is 0 Å². The van der Waals surface area contributed by atoms with E-state index in [4.69, 9.17) is 15.3 Å². The molecule has 0 aliphatic carbocycles. The average Bonchev–Trinajstić information content (AvgIpc) is 2.02. The summed E-state index contributed by atoms with van der Waals surface area (Å²) in [5, 5.41) is 14.5. The second-order valence-corrected chi connectivity index (χ2v) is 9.90. The Morgan fingerprint density at radius 1 is 1.27 bits per heavy atom. The van der Waals surface area contributed by atoms with E-state index in [1.807, 2.05) is 30.3 Å². The Hall–Kier alpha value is -1.22. The first-order chi connectivity index (χ1) is 6.60. The summed E-state index contributed by atoms with van der Waals surface area (Å²) in [5.41, 5.74) is 0. The van der Waals surface area contributed by atoms with Crippen LogP contribution in [0.4, 0.5) is 4.20 Å². The Bertz CT molecular complexity index is 321. The first-order valence-corrected chi connectivity index (χ1v) is 7.68. The Labute approximate surface area is 87.9 Å². The summed E-state index contributed by atoms with van der Waals surface area (Å²) in [5.74, 6) is 0. The number of hydrogen-bond donors (Lipinski definition) is 1. The molecule has 1 aromatic carbocycles. The normalized spacial score (nSPS) is 12.9. The van der Waals surface area contributed by atoms with Gasteiger partial charge in [-0.1, -0.05) is 0 Å². The molecule has 0 saturated carbocycles. The molecule has 0 unspecified atom stereocenters. The van der Waals surface area contributed by atoms with Crippen molar-refractivity contribution in [2.45, 2.75) is 0 Å². The van der Waals surface area contributed by atoms with Crippen LogP contribution in [0.2, 0.25) is 0 Å². The molecule has 1 rings (SSSR count). The molecule has 15 heavy (non-hydrogen) atoms. The maximum atomic E-state index is 13.9. The second kappa shape index (κ2) is 4.53. The van der Waals surface area contributed by atoms with Gasteiger partial charge >= 0.3 is 66.7 Å². The van der Waals surface area contributed by atoms with E-state index in [1.54, 1.807) is 20.0 Å². The van der Waals surface area contributed by atoms with Crippen LogP contribution in [0.15, 0.2) is 30.3 Å². The van der Waals surface area contributed by atoms with Crippen LogP contribution in [-0.2, 0) is 0 Å². The molecule has 0 bridgehead atoms. The minimum absolute atomic E-state index is 0.846. The Morgan fingerprint density at radius 3 is 1.80 bits per heavy atom. The number of hydrogen-bond acceptors (Lipinski definition) is 2. The van der Waals surface area contributed by atoms with Crippen molar-refractivity contribution >= 4 is 12.2 Å². The van der Waals surface area contributed by atoms with Gasteiger partial charge in [0.15, 0.2) is 0 Å². The Kier molecular flexibility index (Phi) is 4.16. The number of rotatable bonds is 1. The van der Waals surface area contributed by atoms with E-state index in [0.717, 1.165) is 5.30 Å². The van der Waals surface area contributed by atoms with Crippen LogP contribution in [0, 0.1) is 10.1 Å². The third-order valence-electron chi connectivity index (χ3n) is 1.63. The van der Waals surface area contributed by atoms with Crippen LogP contribution >= 0.6 is 6.91 Å². The first kappa shape index (κ1) is 13.8. The van der Waals surface area contributed by atoms with Crippen LogP contribution in [0.5, 0.6) is 0 Å². The van der Waals surface area contributed by atoms with Gasteiger partial charge in [-0.25, -0.2) is 0 Å². The summed E-state index contributed by atoms with van der Waals surface area (Å²) in [4.78, 5) is 8.36. The summed E-state index contributed by atoms with van der Waals surface area (Å²) in [6.07, 6.45) is 0. The zero-order valence-electron chi connectivity index (χ0n) is 8.92. The Balaban J connectivity index is 0.000000423. The molecule has 0 aliphatic rings. The third kappa shape index (κ3) is 6.80. The predicted octanol–water partition coefficient (Wildman–Crippen LogP) is 2.29. The summed E-state index contributed by atoms with van der Waals surface area (Å²) in [7, 11) is 0. The molecule has 4 nitrogen and oxygen atoms in total. The van der Waals surface area contributed by atoms with Crippen LogP contribution in [0.1, 0.15) is 0 Å². The van der Waals surface area contributed by atoms with E-state index < -0.39 is 12.0 Å². The minimum Gasteiger partial charge on any atom is -0.328 e. The monoisotopic (exact) mass is 235 g/mol. The van der Waals surface area contributed by atoms with Crippen molar-refractivity contribution in [3.63, 3.8) is 0 Å². The smallest absolute Gasteiger partial charge is 0.291 e. The van der Waals surface area contributed by atoms with Gasteiger partial charge in [-0.15, -0.1) is 10.1 Å². The van der Waals surface area contributed by atoms with E-state index in [-0.39, 0.29) is 0 Å². The van der Waals surface area contributed by atoms with Crippen molar-refractivity contribution in [2.75, 3.05) is 20.0 Å². The Morgan fingerprint density at radius 2 is 1.60 bits per heavy atom. The van der Waals surface area contributed by atoms with Crippen molar-refractivity contribution in [3.05, 3.63) is 40.4 Å². The first-order valence-electron chi connectivity index (χ1n) is 4.21.